The van der Waals surface area contributed by atoms with Crippen molar-refractivity contribution in [2.24, 2.45) is 5.10 Å². The third kappa shape index (κ3) is 4.65. The summed E-state index contributed by atoms with van der Waals surface area (Å²) in [7, 11) is 0. The second-order valence-corrected chi connectivity index (χ2v) is 3.43. The van der Waals surface area contributed by atoms with Crippen LogP contribution in [-0.2, 0) is 4.79 Å². The molecule has 0 rings (SSSR count). The van der Waals surface area contributed by atoms with E-state index in [1.165, 1.54) is 5.01 Å². The van der Waals surface area contributed by atoms with Crippen LogP contribution in [0.2, 0.25) is 0 Å². The van der Waals surface area contributed by atoms with Crippen molar-refractivity contribution >= 4 is 12.6 Å². The number of hydrogen-bond acceptors (Lipinski definition) is 2. The van der Waals surface area contributed by atoms with Gasteiger partial charge in [-0.05, 0) is 20.3 Å². The number of hydrazone groups is 1. The molecule has 0 aromatic heterocycles. The van der Waals surface area contributed by atoms with E-state index in [1.807, 2.05) is 13.8 Å². The lowest BCUT2D eigenvalue weighted by atomic mass is 10.2. The fourth-order valence-corrected chi connectivity index (χ4v) is 1.17. The van der Waals surface area contributed by atoms with Gasteiger partial charge in [0.2, 0.25) is 5.91 Å². The van der Waals surface area contributed by atoms with Gasteiger partial charge < -0.3 is 0 Å². The second-order valence-electron chi connectivity index (χ2n) is 3.43. The Balaban J connectivity index is 3.85. The summed E-state index contributed by atoms with van der Waals surface area (Å²) in [6.45, 7) is 9.38. The van der Waals surface area contributed by atoms with E-state index in [9.17, 15) is 4.79 Å². The molecule has 13 heavy (non-hydrogen) atoms. The molecule has 0 aliphatic heterocycles. The van der Waals surface area contributed by atoms with E-state index < -0.39 is 0 Å². The summed E-state index contributed by atoms with van der Waals surface area (Å²) >= 11 is 0. The lowest BCUT2D eigenvalue weighted by Crippen LogP contribution is -2.31. The van der Waals surface area contributed by atoms with E-state index in [0.29, 0.717) is 6.42 Å². The quantitative estimate of drug-likeness (QED) is 0.354. The van der Waals surface area contributed by atoms with Crippen molar-refractivity contribution in [2.75, 3.05) is 0 Å². The minimum absolute atomic E-state index is 0.0819. The first-order valence-corrected chi connectivity index (χ1v) is 4.92. The third-order valence-corrected chi connectivity index (χ3v) is 1.89. The van der Waals surface area contributed by atoms with Crippen molar-refractivity contribution in [3.05, 3.63) is 0 Å². The first-order valence-electron chi connectivity index (χ1n) is 4.92. The van der Waals surface area contributed by atoms with Crippen molar-refractivity contribution in [3.8, 4) is 0 Å². The van der Waals surface area contributed by atoms with Crippen LogP contribution >= 0.6 is 0 Å². The maximum atomic E-state index is 11.5. The lowest BCUT2D eigenvalue weighted by molar-refractivity contribution is -0.132. The molecule has 76 valence electrons. The molecule has 0 bridgehead atoms. The highest BCUT2D eigenvalue weighted by atomic mass is 16.2. The molecule has 0 aromatic rings. The van der Waals surface area contributed by atoms with E-state index in [0.717, 1.165) is 19.3 Å². The van der Waals surface area contributed by atoms with Crippen molar-refractivity contribution in [1.29, 1.82) is 0 Å². The largest absolute Gasteiger partial charge is 0.273 e. The van der Waals surface area contributed by atoms with Crippen molar-refractivity contribution in [3.63, 3.8) is 0 Å². The summed E-state index contributed by atoms with van der Waals surface area (Å²) in [5.74, 6) is 0.0819. The molecule has 0 atom stereocenters. The standard InChI is InChI=1S/C10H20N2O/c1-5-6-7-8-10(13)12(11-4)9(2)3/h9H,4-8H2,1-3H3. The van der Waals surface area contributed by atoms with E-state index in [2.05, 4.69) is 18.7 Å². The van der Waals surface area contributed by atoms with Gasteiger partial charge in [-0.3, -0.25) is 4.79 Å². The minimum Gasteiger partial charge on any atom is -0.273 e. The smallest absolute Gasteiger partial charge is 0.242 e. The Labute approximate surface area is 80.8 Å². The molecule has 3 nitrogen and oxygen atoms in total. The number of hydrogen-bond donors (Lipinski definition) is 0. The number of nitrogens with zero attached hydrogens (tertiary/aromatic N) is 2. The molecule has 0 radical (unpaired) electrons. The molecule has 0 aliphatic carbocycles. The van der Waals surface area contributed by atoms with Crippen LogP contribution in [0, 0.1) is 0 Å². The van der Waals surface area contributed by atoms with Gasteiger partial charge in [0.15, 0.2) is 0 Å². The molecule has 0 aliphatic rings. The van der Waals surface area contributed by atoms with Crippen LogP contribution in [-0.4, -0.2) is 23.7 Å². The topological polar surface area (TPSA) is 32.7 Å². The van der Waals surface area contributed by atoms with Crippen LogP contribution in [0.5, 0.6) is 0 Å². The van der Waals surface area contributed by atoms with E-state index in [4.69, 9.17) is 0 Å². The molecular formula is C10H20N2O. The maximum Gasteiger partial charge on any atom is 0.242 e. The van der Waals surface area contributed by atoms with Gasteiger partial charge in [0, 0.05) is 19.2 Å². The lowest BCUT2D eigenvalue weighted by Gasteiger charge is -2.20. The molecule has 0 saturated carbocycles. The molecule has 0 aromatic carbocycles. The normalized spacial score (nSPS) is 10.2. The van der Waals surface area contributed by atoms with Crippen LogP contribution in [0.3, 0.4) is 0 Å². The summed E-state index contributed by atoms with van der Waals surface area (Å²) in [4.78, 5) is 11.5. The van der Waals surface area contributed by atoms with Gasteiger partial charge in [-0.2, -0.15) is 5.10 Å². The molecule has 0 fully saturated rings. The van der Waals surface area contributed by atoms with Crippen LogP contribution in [0.15, 0.2) is 5.10 Å². The van der Waals surface area contributed by atoms with Crippen LogP contribution in [0.25, 0.3) is 0 Å². The Morgan fingerprint density at radius 3 is 2.46 bits per heavy atom. The summed E-state index contributed by atoms with van der Waals surface area (Å²) < 4.78 is 0. The van der Waals surface area contributed by atoms with Gasteiger partial charge in [-0.25, -0.2) is 5.01 Å². The van der Waals surface area contributed by atoms with Crippen molar-refractivity contribution in [1.82, 2.24) is 5.01 Å². The molecule has 0 saturated heterocycles. The highest BCUT2D eigenvalue weighted by molar-refractivity contribution is 5.76. The molecule has 0 unspecified atom stereocenters. The van der Waals surface area contributed by atoms with E-state index in [-0.39, 0.29) is 11.9 Å². The first-order chi connectivity index (χ1) is 6.13. The van der Waals surface area contributed by atoms with Crippen LogP contribution in [0.4, 0.5) is 0 Å². The van der Waals surface area contributed by atoms with E-state index >= 15 is 0 Å². The summed E-state index contributed by atoms with van der Waals surface area (Å²) in [6, 6.07) is 0.117. The SMILES string of the molecule is C=NN(C(=O)CCCCC)C(C)C. The number of rotatable bonds is 6. The summed E-state index contributed by atoms with van der Waals surface area (Å²) in [5.41, 5.74) is 0. The van der Waals surface area contributed by atoms with Gasteiger partial charge in [0.25, 0.3) is 0 Å². The fourth-order valence-electron chi connectivity index (χ4n) is 1.17. The van der Waals surface area contributed by atoms with Gasteiger partial charge in [-0.15, -0.1) is 0 Å². The predicted molar refractivity (Wildman–Crippen MR) is 55.7 cm³/mol. The number of carbonyl (C=O) groups excluding carboxylic acids is 1. The van der Waals surface area contributed by atoms with Crippen molar-refractivity contribution < 1.29 is 4.79 Å². The first kappa shape index (κ1) is 12.1. The number of unbranched alkanes of at least 4 members (excludes halogenated alkanes) is 2. The average Bonchev–Trinajstić information content (AvgIpc) is 2.05. The predicted octanol–water partition coefficient (Wildman–Crippen LogP) is 2.42. The fraction of sp³-hybridized carbons (Fsp3) is 0.800. The summed E-state index contributed by atoms with van der Waals surface area (Å²) in [5, 5.41) is 5.15. The monoisotopic (exact) mass is 184 g/mol. The molecular weight excluding hydrogens is 164 g/mol. The Morgan fingerprint density at radius 2 is 2.08 bits per heavy atom. The number of amides is 1. The highest BCUT2D eigenvalue weighted by Gasteiger charge is 2.13. The number of carbonyl (C=O) groups is 1. The highest BCUT2D eigenvalue weighted by Crippen LogP contribution is 2.06. The van der Waals surface area contributed by atoms with Crippen molar-refractivity contribution in [2.45, 2.75) is 52.5 Å². The minimum atomic E-state index is 0.0819. The Bertz CT molecular complexity index is 166. The zero-order valence-electron chi connectivity index (χ0n) is 8.92. The molecule has 1 amide bonds. The average molecular weight is 184 g/mol. The summed E-state index contributed by atoms with van der Waals surface area (Å²) in [6.07, 6.45) is 3.78. The second kappa shape index (κ2) is 6.63. The van der Waals surface area contributed by atoms with Gasteiger partial charge in [0.1, 0.15) is 0 Å². The zero-order chi connectivity index (χ0) is 10.3. The Kier molecular flexibility index (Phi) is 6.20. The third-order valence-electron chi connectivity index (χ3n) is 1.89. The van der Waals surface area contributed by atoms with Gasteiger partial charge in [-0.1, -0.05) is 19.8 Å². The Hall–Kier alpha value is -0.860. The Morgan fingerprint density at radius 1 is 1.46 bits per heavy atom. The van der Waals surface area contributed by atoms with Crippen LogP contribution < -0.4 is 0 Å². The van der Waals surface area contributed by atoms with Gasteiger partial charge in [0.05, 0.1) is 0 Å². The van der Waals surface area contributed by atoms with E-state index in [1.54, 1.807) is 0 Å². The molecule has 0 spiro atoms. The maximum absolute atomic E-state index is 11.5. The van der Waals surface area contributed by atoms with Gasteiger partial charge >= 0.3 is 0 Å². The van der Waals surface area contributed by atoms with Crippen LogP contribution in [0.1, 0.15) is 46.5 Å². The molecule has 0 heterocycles. The molecule has 3 heteroatoms. The molecule has 0 N–H and O–H groups in total. The zero-order valence-corrected chi connectivity index (χ0v) is 8.92.